The van der Waals surface area contributed by atoms with Crippen molar-refractivity contribution in [2.45, 2.75) is 6.92 Å². The number of nitrogens with zero attached hydrogens (tertiary/aromatic N) is 2. The van der Waals surface area contributed by atoms with Gasteiger partial charge >= 0.3 is 0 Å². The lowest BCUT2D eigenvalue weighted by Gasteiger charge is -2.13. The van der Waals surface area contributed by atoms with Crippen molar-refractivity contribution in [2.75, 3.05) is 5.01 Å². The van der Waals surface area contributed by atoms with Gasteiger partial charge < -0.3 is 5.11 Å². The molecule has 0 saturated carbocycles. The van der Waals surface area contributed by atoms with Gasteiger partial charge in [-0.25, -0.2) is 5.01 Å². The van der Waals surface area contributed by atoms with Gasteiger partial charge in [0.05, 0.1) is 10.9 Å². The summed E-state index contributed by atoms with van der Waals surface area (Å²) in [6.07, 6.45) is 1.71. The molecule has 0 fully saturated rings. The summed E-state index contributed by atoms with van der Waals surface area (Å²) in [6, 6.07) is 16.9. The number of pyridine rings is 1. The average molecular weight is 344 g/mol. The summed E-state index contributed by atoms with van der Waals surface area (Å²) < 4.78 is 0. The van der Waals surface area contributed by atoms with E-state index < -0.39 is 5.56 Å². The lowest BCUT2D eigenvalue weighted by molar-refractivity contribution is 0.449. The number of amidine groups is 1. The van der Waals surface area contributed by atoms with E-state index in [4.69, 9.17) is 5.41 Å². The molecule has 0 radical (unpaired) electrons. The van der Waals surface area contributed by atoms with Crippen LogP contribution in [0.4, 0.5) is 5.69 Å². The molecule has 128 valence electrons. The predicted octanol–water partition coefficient (Wildman–Crippen LogP) is 1.60. The van der Waals surface area contributed by atoms with Gasteiger partial charge in [0.1, 0.15) is 10.9 Å². The van der Waals surface area contributed by atoms with E-state index in [0.717, 1.165) is 11.1 Å². The van der Waals surface area contributed by atoms with Crippen LogP contribution >= 0.6 is 0 Å². The lowest BCUT2D eigenvalue weighted by Crippen LogP contribution is -2.42. The fourth-order valence-corrected chi connectivity index (χ4v) is 2.90. The van der Waals surface area contributed by atoms with Gasteiger partial charge in [-0.15, -0.1) is 0 Å². The molecule has 3 aromatic rings. The van der Waals surface area contributed by atoms with Crippen molar-refractivity contribution in [3.05, 3.63) is 92.2 Å². The summed E-state index contributed by atoms with van der Waals surface area (Å²) in [5.74, 6) is -0.336. The third-order valence-corrected chi connectivity index (χ3v) is 4.24. The van der Waals surface area contributed by atoms with E-state index in [1.165, 1.54) is 5.01 Å². The van der Waals surface area contributed by atoms with Crippen LogP contribution in [0.1, 0.15) is 16.7 Å². The summed E-state index contributed by atoms with van der Waals surface area (Å²) in [6.45, 7) is 1.99. The number of aromatic nitrogens is 1. The van der Waals surface area contributed by atoms with Gasteiger partial charge in [0, 0.05) is 0 Å². The van der Waals surface area contributed by atoms with Crippen LogP contribution in [-0.2, 0) is 0 Å². The Morgan fingerprint density at radius 2 is 1.81 bits per heavy atom. The van der Waals surface area contributed by atoms with Gasteiger partial charge in [0.15, 0.2) is 5.84 Å². The Hall–Kier alpha value is -3.67. The van der Waals surface area contributed by atoms with Crippen LogP contribution in [0.15, 0.2) is 64.5 Å². The van der Waals surface area contributed by atoms with Gasteiger partial charge in [-0.2, -0.15) is 5.10 Å². The summed E-state index contributed by atoms with van der Waals surface area (Å²) in [5, 5.41) is 25.0. The molecule has 1 aliphatic rings. The molecule has 0 spiro atoms. The molecule has 0 aliphatic carbocycles. The molecule has 0 atom stereocenters. The minimum atomic E-state index is -0.451. The SMILES string of the molecule is Cc1ccc(C=c2c(=O)[nH]c(O)c3c2=NN(c2ccccc2)C3=N)cc1. The Bertz CT molecular complexity index is 1180. The second-order valence-corrected chi connectivity index (χ2v) is 6.09. The van der Waals surface area contributed by atoms with Gasteiger partial charge in [-0.1, -0.05) is 48.0 Å². The Morgan fingerprint density at radius 1 is 1.12 bits per heavy atom. The minimum Gasteiger partial charge on any atom is -0.494 e. The number of hydrogen-bond donors (Lipinski definition) is 3. The molecule has 0 amide bonds. The highest BCUT2D eigenvalue weighted by atomic mass is 16.3. The van der Waals surface area contributed by atoms with Crippen LogP contribution in [0.3, 0.4) is 0 Å². The molecule has 26 heavy (non-hydrogen) atoms. The molecular formula is C20H16N4O2. The second kappa shape index (κ2) is 6.00. The number of para-hydroxylation sites is 1. The number of hydrogen-bond acceptors (Lipinski definition) is 4. The maximum Gasteiger partial charge on any atom is 0.260 e. The van der Waals surface area contributed by atoms with Crippen molar-refractivity contribution in [1.82, 2.24) is 4.98 Å². The summed E-state index contributed by atoms with van der Waals surface area (Å²) in [7, 11) is 0. The quantitative estimate of drug-likeness (QED) is 0.659. The Labute approximate surface area is 148 Å². The van der Waals surface area contributed by atoms with Crippen LogP contribution in [-0.4, -0.2) is 15.9 Å². The first-order valence-electron chi connectivity index (χ1n) is 8.11. The number of aromatic amines is 1. The maximum absolute atomic E-state index is 12.4. The molecule has 2 heterocycles. The van der Waals surface area contributed by atoms with E-state index in [-0.39, 0.29) is 17.3 Å². The minimum absolute atomic E-state index is 0.0125. The second-order valence-electron chi connectivity index (χ2n) is 6.09. The van der Waals surface area contributed by atoms with Crippen molar-refractivity contribution in [3.8, 4) is 5.88 Å². The molecule has 3 N–H and O–H groups in total. The topological polar surface area (TPSA) is 92.5 Å². The molecule has 0 saturated heterocycles. The smallest absolute Gasteiger partial charge is 0.260 e. The van der Waals surface area contributed by atoms with Crippen molar-refractivity contribution in [2.24, 2.45) is 5.10 Å². The first-order chi connectivity index (χ1) is 12.5. The zero-order valence-electron chi connectivity index (χ0n) is 14.0. The first kappa shape index (κ1) is 15.8. The van der Waals surface area contributed by atoms with E-state index in [9.17, 15) is 9.90 Å². The fourth-order valence-electron chi connectivity index (χ4n) is 2.90. The number of benzene rings is 2. The van der Waals surface area contributed by atoms with E-state index in [1.807, 2.05) is 61.5 Å². The Balaban J connectivity index is 1.98. The standard InChI is InChI=1S/C20H16N4O2/c1-12-7-9-13(10-8-12)11-15-17-16(20(26)22-19(15)25)18(21)24(23-17)14-5-3-2-4-6-14/h2-11,21,26H,1H3,(H,22,25). The molecule has 1 aromatic heterocycles. The number of H-pyrrole nitrogens is 1. The average Bonchev–Trinajstić information content (AvgIpc) is 2.99. The van der Waals surface area contributed by atoms with Gasteiger partial charge in [0.2, 0.25) is 5.88 Å². The third-order valence-electron chi connectivity index (χ3n) is 4.24. The van der Waals surface area contributed by atoms with Crippen LogP contribution in [0.5, 0.6) is 5.88 Å². The van der Waals surface area contributed by atoms with Gasteiger partial charge in [-0.3, -0.25) is 15.2 Å². The maximum atomic E-state index is 12.4. The summed E-state index contributed by atoms with van der Waals surface area (Å²) in [5.41, 5.74) is 2.41. The molecule has 0 unspecified atom stereocenters. The highest BCUT2D eigenvalue weighted by molar-refractivity contribution is 6.10. The van der Waals surface area contributed by atoms with Crippen LogP contribution < -0.4 is 21.1 Å². The zero-order valence-corrected chi connectivity index (χ0v) is 14.0. The van der Waals surface area contributed by atoms with Crippen molar-refractivity contribution < 1.29 is 5.11 Å². The van der Waals surface area contributed by atoms with E-state index in [0.29, 0.717) is 16.3 Å². The van der Waals surface area contributed by atoms with E-state index in [2.05, 4.69) is 10.1 Å². The number of rotatable bonds is 2. The predicted molar refractivity (Wildman–Crippen MR) is 100 cm³/mol. The number of aryl methyl sites for hydroxylation is 1. The number of anilines is 1. The molecule has 2 aromatic carbocycles. The van der Waals surface area contributed by atoms with Gasteiger partial charge in [-0.05, 0) is 30.7 Å². The van der Waals surface area contributed by atoms with E-state index in [1.54, 1.807) is 6.08 Å². The Morgan fingerprint density at radius 3 is 2.50 bits per heavy atom. The fraction of sp³-hybridized carbons (Fsp3) is 0.0500. The largest absolute Gasteiger partial charge is 0.494 e. The van der Waals surface area contributed by atoms with Crippen LogP contribution in [0.2, 0.25) is 0 Å². The number of fused-ring (bicyclic) bond motifs is 1. The van der Waals surface area contributed by atoms with Crippen molar-refractivity contribution in [1.29, 1.82) is 5.41 Å². The molecule has 4 rings (SSSR count). The van der Waals surface area contributed by atoms with Crippen molar-refractivity contribution in [3.63, 3.8) is 0 Å². The zero-order chi connectivity index (χ0) is 18.3. The molecular weight excluding hydrogens is 328 g/mol. The number of aromatic hydroxyl groups is 1. The van der Waals surface area contributed by atoms with Gasteiger partial charge in [0.25, 0.3) is 5.56 Å². The lowest BCUT2D eigenvalue weighted by atomic mass is 10.1. The van der Waals surface area contributed by atoms with Crippen LogP contribution in [0.25, 0.3) is 6.08 Å². The van der Waals surface area contributed by atoms with Crippen LogP contribution in [0, 0.1) is 12.3 Å². The number of nitrogens with one attached hydrogen (secondary N) is 2. The van der Waals surface area contributed by atoms with E-state index >= 15 is 0 Å². The van der Waals surface area contributed by atoms with Crippen molar-refractivity contribution >= 4 is 17.6 Å². The molecule has 6 nitrogen and oxygen atoms in total. The monoisotopic (exact) mass is 344 g/mol. The molecule has 1 aliphatic heterocycles. The Kier molecular flexibility index (Phi) is 3.65. The summed E-state index contributed by atoms with van der Waals surface area (Å²) >= 11 is 0. The summed E-state index contributed by atoms with van der Waals surface area (Å²) in [4.78, 5) is 14.8. The third kappa shape index (κ3) is 2.57. The normalized spacial score (nSPS) is 13.7. The highest BCUT2D eigenvalue weighted by Gasteiger charge is 2.26. The first-order valence-corrected chi connectivity index (χ1v) is 8.11. The molecule has 0 bridgehead atoms. The highest BCUT2D eigenvalue weighted by Crippen LogP contribution is 2.21. The molecule has 6 heteroatoms.